The van der Waals surface area contributed by atoms with Crippen molar-refractivity contribution in [1.29, 1.82) is 0 Å². The summed E-state index contributed by atoms with van der Waals surface area (Å²) < 4.78 is 46.8. The first-order valence-electron chi connectivity index (χ1n) is 6.63. The normalized spacial score (nSPS) is 28.4. The van der Waals surface area contributed by atoms with Gasteiger partial charge in [0.15, 0.2) is 9.84 Å². The van der Waals surface area contributed by atoms with E-state index in [1.165, 1.54) is 4.31 Å². The van der Waals surface area contributed by atoms with Crippen LogP contribution < -0.4 is 5.32 Å². The summed E-state index contributed by atoms with van der Waals surface area (Å²) in [5.74, 6) is -0.234. The molecule has 2 saturated heterocycles. The Bertz CT molecular complexity index is 576. The standard InChI is InChI=1S/C11H20N2O5S2/c1-19(15,16)13-5-2-9(3-6-13)11(14)12-10-4-7-20(17,18)8-10/h9-10H,2-8H2,1H3,(H,12,14). The Hall–Kier alpha value is -0.670. The summed E-state index contributed by atoms with van der Waals surface area (Å²) >= 11 is 0. The van der Waals surface area contributed by atoms with Crippen LogP contribution in [0.1, 0.15) is 19.3 Å². The minimum atomic E-state index is -3.19. The Morgan fingerprint density at radius 3 is 2.25 bits per heavy atom. The average Bonchev–Trinajstić information content (AvgIpc) is 2.67. The molecule has 0 aliphatic carbocycles. The second-order valence-electron chi connectivity index (χ2n) is 5.54. The Morgan fingerprint density at radius 2 is 1.80 bits per heavy atom. The summed E-state index contributed by atoms with van der Waals surface area (Å²) in [5, 5.41) is 2.77. The molecule has 0 spiro atoms. The van der Waals surface area contributed by atoms with Gasteiger partial charge in [-0.3, -0.25) is 4.79 Å². The first-order chi connectivity index (χ1) is 9.17. The molecule has 9 heteroatoms. The van der Waals surface area contributed by atoms with Crippen LogP contribution in [0.2, 0.25) is 0 Å². The Morgan fingerprint density at radius 1 is 1.20 bits per heavy atom. The number of nitrogens with one attached hydrogen (secondary N) is 1. The zero-order valence-electron chi connectivity index (χ0n) is 11.4. The van der Waals surface area contributed by atoms with Crippen LogP contribution in [-0.4, -0.2) is 63.9 Å². The van der Waals surface area contributed by atoms with Crippen LogP contribution in [0.25, 0.3) is 0 Å². The van der Waals surface area contributed by atoms with Crippen LogP contribution in [0, 0.1) is 5.92 Å². The number of rotatable bonds is 3. The number of hydrogen-bond donors (Lipinski definition) is 1. The van der Waals surface area contributed by atoms with Crippen LogP contribution >= 0.6 is 0 Å². The van der Waals surface area contributed by atoms with Crippen LogP contribution in [0.3, 0.4) is 0 Å². The van der Waals surface area contributed by atoms with Gasteiger partial charge < -0.3 is 5.32 Å². The fourth-order valence-electron chi connectivity index (χ4n) is 2.68. The van der Waals surface area contributed by atoms with Crippen LogP contribution in [0.4, 0.5) is 0 Å². The third-order valence-electron chi connectivity index (χ3n) is 3.87. The molecule has 20 heavy (non-hydrogen) atoms. The number of sulfonamides is 1. The molecule has 0 aromatic rings. The predicted molar refractivity (Wildman–Crippen MR) is 74.3 cm³/mol. The Labute approximate surface area is 119 Å². The highest BCUT2D eigenvalue weighted by Gasteiger charge is 2.33. The van der Waals surface area contributed by atoms with E-state index in [2.05, 4.69) is 5.32 Å². The first-order valence-corrected chi connectivity index (χ1v) is 10.3. The maximum Gasteiger partial charge on any atom is 0.223 e. The van der Waals surface area contributed by atoms with Crippen molar-refractivity contribution in [2.75, 3.05) is 30.9 Å². The van der Waals surface area contributed by atoms with E-state index < -0.39 is 19.9 Å². The average molecular weight is 324 g/mol. The van der Waals surface area contributed by atoms with E-state index in [4.69, 9.17) is 0 Å². The van der Waals surface area contributed by atoms with Gasteiger partial charge in [0, 0.05) is 25.0 Å². The molecule has 7 nitrogen and oxygen atoms in total. The van der Waals surface area contributed by atoms with Crippen molar-refractivity contribution in [2.24, 2.45) is 5.92 Å². The molecule has 1 atom stereocenters. The summed E-state index contributed by atoms with van der Waals surface area (Å²) in [6.45, 7) is 0.694. The molecule has 0 saturated carbocycles. The topological polar surface area (TPSA) is 101 Å². The number of hydrogen-bond acceptors (Lipinski definition) is 5. The van der Waals surface area contributed by atoms with Crippen molar-refractivity contribution in [3.8, 4) is 0 Å². The molecule has 0 aromatic carbocycles. The van der Waals surface area contributed by atoms with Gasteiger partial charge in [-0.05, 0) is 19.3 Å². The quantitative estimate of drug-likeness (QED) is 0.715. The summed E-state index contributed by atoms with van der Waals surface area (Å²) in [5.41, 5.74) is 0. The maximum atomic E-state index is 12.0. The molecular formula is C11H20N2O5S2. The molecule has 116 valence electrons. The van der Waals surface area contributed by atoms with E-state index in [9.17, 15) is 21.6 Å². The van der Waals surface area contributed by atoms with E-state index >= 15 is 0 Å². The first kappa shape index (κ1) is 15.7. The molecule has 2 fully saturated rings. The van der Waals surface area contributed by atoms with Gasteiger partial charge in [0.2, 0.25) is 15.9 Å². The highest BCUT2D eigenvalue weighted by atomic mass is 32.2. The van der Waals surface area contributed by atoms with Gasteiger partial charge in [0.25, 0.3) is 0 Å². The number of piperidine rings is 1. The molecule has 1 N–H and O–H groups in total. The predicted octanol–water partition coefficient (Wildman–Crippen LogP) is -1.04. The van der Waals surface area contributed by atoms with Gasteiger partial charge in [-0.15, -0.1) is 0 Å². The number of sulfone groups is 1. The lowest BCUT2D eigenvalue weighted by Crippen LogP contribution is -2.45. The largest absolute Gasteiger partial charge is 0.352 e. The number of carbonyl (C=O) groups excluding carboxylic acids is 1. The SMILES string of the molecule is CS(=O)(=O)N1CCC(C(=O)NC2CCS(=O)(=O)C2)CC1. The lowest BCUT2D eigenvalue weighted by molar-refractivity contribution is -0.126. The molecule has 0 bridgehead atoms. The smallest absolute Gasteiger partial charge is 0.223 e. The second-order valence-corrected chi connectivity index (χ2v) is 9.76. The molecule has 2 heterocycles. The van der Waals surface area contributed by atoms with Gasteiger partial charge in [-0.25, -0.2) is 21.1 Å². The third kappa shape index (κ3) is 3.92. The van der Waals surface area contributed by atoms with Crippen molar-refractivity contribution >= 4 is 25.8 Å². The molecule has 0 radical (unpaired) electrons. The number of amides is 1. The summed E-state index contributed by atoms with van der Waals surface area (Å²) in [6.07, 6.45) is 2.60. The minimum absolute atomic E-state index is 0.0148. The fraction of sp³-hybridized carbons (Fsp3) is 0.909. The van der Waals surface area contributed by atoms with Crippen LogP contribution in [-0.2, 0) is 24.7 Å². The molecule has 2 rings (SSSR count). The van der Waals surface area contributed by atoms with E-state index in [-0.39, 0.29) is 29.4 Å². The highest BCUT2D eigenvalue weighted by Crippen LogP contribution is 2.20. The molecular weight excluding hydrogens is 304 g/mol. The maximum absolute atomic E-state index is 12.0. The molecule has 1 amide bonds. The van der Waals surface area contributed by atoms with E-state index in [1.807, 2.05) is 0 Å². The molecule has 0 aromatic heterocycles. The van der Waals surface area contributed by atoms with Gasteiger partial charge in [0.05, 0.1) is 17.8 Å². The van der Waals surface area contributed by atoms with E-state index in [0.717, 1.165) is 6.26 Å². The van der Waals surface area contributed by atoms with Gasteiger partial charge in [0.1, 0.15) is 0 Å². The summed E-state index contributed by atoms with van der Waals surface area (Å²) in [7, 11) is -6.19. The van der Waals surface area contributed by atoms with Crippen molar-refractivity contribution < 1.29 is 21.6 Å². The fourth-order valence-corrected chi connectivity index (χ4v) is 5.22. The van der Waals surface area contributed by atoms with E-state index in [1.54, 1.807) is 0 Å². The summed E-state index contributed by atoms with van der Waals surface area (Å²) in [4.78, 5) is 12.0. The number of nitrogens with zero attached hydrogens (tertiary/aromatic N) is 1. The monoisotopic (exact) mass is 324 g/mol. The van der Waals surface area contributed by atoms with Crippen molar-refractivity contribution in [3.63, 3.8) is 0 Å². The zero-order chi connectivity index (χ0) is 15.0. The molecule has 2 aliphatic rings. The highest BCUT2D eigenvalue weighted by molar-refractivity contribution is 7.91. The number of carbonyl (C=O) groups is 1. The zero-order valence-corrected chi connectivity index (χ0v) is 13.0. The third-order valence-corrected chi connectivity index (χ3v) is 6.94. The van der Waals surface area contributed by atoms with Crippen LogP contribution in [0.15, 0.2) is 0 Å². The summed E-state index contributed by atoms with van der Waals surface area (Å²) in [6, 6.07) is -0.291. The van der Waals surface area contributed by atoms with Crippen LogP contribution in [0.5, 0.6) is 0 Å². The van der Waals surface area contributed by atoms with E-state index in [0.29, 0.717) is 32.4 Å². The Kier molecular flexibility index (Phi) is 4.41. The lowest BCUT2D eigenvalue weighted by atomic mass is 9.97. The van der Waals surface area contributed by atoms with Crippen molar-refractivity contribution in [3.05, 3.63) is 0 Å². The molecule has 2 aliphatic heterocycles. The van der Waals surface area contributed by atoms with Gasteiger partial charge in [-0.2, -0.15) is 0 Å². The second kappa shape index (κ2) is 5.61. The minimum Gasteiger partial charge on any atom is -0.352 e. The van der Waals surface area contributed by atoms with Gasteiger partial charge >= 0.3 is 0 Å². The Balaban J connectivity index is 1.84. The molecule has 1 unspecified atom stereocenters. The lowest BCUT2D eigenvalue weighted by Gasteiger charge is -2.30. The van der Waals surface area contributed by atoms with Crippen molar-refractivity contribution in [1.82, 2.24) is 9.62 Å². The van der Waals surface area contributed by atoms with Gasteiger partial charge in [-0.1, -0.05) is 0 Å². The van der Waals surface area contributed by atoms with Crippen molar-refractivity contribution in [2.45, 2.75) is 25.3 Å².